The molecule has 1 aliphatic rings. The molecule has 1 aliphatic heterocycles. The number of ether oxygens (including phenoxy) is 1. The van der Waals surface area contributed by atoms with Gasteiger partial charge in [0.2, 0.25) is 5.91 Å². The Morgan fingerprint density at radius 1 is 1.44 bits per heavy atom. The molecule has 0 spiro atoms. The Balaban J connectivity index is 2.19. The van der Waals surface area contributed by atoms with Crippen LogP contribution < -0.4 is 10.1 Å². The van der Waals surface area contributed by atoms with Crippen LogP contribution in [0, 0.1) is 0 Å². The summed E-state index contributed by atoms with van der Waals surface area (Å²) in [6.07, 6.45) is 0. The van der Waals surface area contributed by atoms with E-state index in [-0.39, 0.29) is 17.2 Å². The number of amides is 1. The highest BCUT2D eigenvalue weighted by Gasteiger charge is 2.26. The maximum atomic E-state index is 11.4. The molecule has 4 nitrogen and oxygen atoms in total. The van der Waals surface area contributed by atoms with E-state index >= 15 is 0 Å². The molecule has 1 saturated heterocycles. The van der Waals surface area contributed by atoms with Crippen molar-refractivity contribution in [2.24, 2.45) is 4.99 Å². The molecule has 1 aromatic rings. The highest BCUT2D eigenvalue weighted by Crippen LogP contribution is 2.29. The molecule has 5 heteroatoms. The first-order valence-corrected chi connectivity index (χ1v) is 6.68. The van der Waals surface area contributed by atoms with E-state index in [1.807, 2.05) is 38.1 Å². The minimum atomic E-state index is -0.0615. The highest BCUT2D eigenvalue weighted by molar-refractivity contribution is 8.15. The largest absolute Gasteiger partial charge is 0.496 e. The Labute approximate surface area is 111 Å². The quantitative estimate of drug-likeness (QED) is 0.911. The number of hydrogen-bond acceptors (Lipinski definition) is 4. The summed E-state index contributed by atoms with van der Waals surface area (Å²) >= 11 is 1.46. The number of rotatable bonds is 3. The Kier molecular flexibility index (Phi) is 3.91. The molecule has 96 valence electrons. The van der Waals surface area contributed by atoms with Gasteiger partial charge in [0.15, 0.2) is 5.17 Å². The lowest BCUT2D eigenvalue weighted by atomic mass is 10.1. The maximum Gasteiger partial charge on any atom is 0.239 e. The van der Waals surface area contributed by atoms with E-state index in [0.29, 0.717) is 5.17 Å². The van der Waals surface area contributed by atoms with Crippen molar-refractivity contribution >= 4 is 22.8 Å². The smallest absolute Gasteiger partial charge is 0.239 e. The zero-order valence-corrected chi connectivity index (χ0v) is 11.5. The van der Waals surface area contributed by atoms with E-state index in [1.165, 1.54) is 11.8 Å². The lowest BCUT2D eigenvalue weighted by Gasteiger charge is -2.12. The summed E-state index contributed by atoms with van der Waals surface area (Å²) < 4.78 is 5.31. The number of hydrogen-bond donors (Lipinski definition) is 1. The van der Waals surface area contributed by atoms with Crippen LogP contribution in [0.15, 0.2) is 29.3 Å². The number of para-hydroxylation sites is 1. The molecular formula is C13H16N2O2S. The molecule has 0 saturated carbocycles. The number of methoxy groups -OCH3 is 1. The predicted molar refractivity (Wildman–Crippen MR) is 74.0 cm³/mol. The fraction of sp³-hybridized carbons (Fsp3) is 0.385. The molecule has 1 heterocycles. The molecule has 0 radical (unpaired) electrons. The van der Waals surface area contributed by atoms with E-state index in [4.69, 9.17) is 4.74 Å². The Bertz CT molecular complexity index is 488. The Morgan fingerprint density at radius 2 is 2.17 bits per heavy atom. The first kappa shape index (κ1) is 13.0. The van der Waals surface area contributed by atoms with Gasteiger partial charge in [0.25, 0.3) is 0 Å². The van der Waals surface area contributed by atoms with Gasteiger partial charge in [0.05, 0.1) is 18.4 Å². The number of thioether (sulfide) groups is 1. The Hall–Kier alpha value is -1.49. The van der Waals surface area contributed by atoms with Crippen LogP contribution in [0.4, 0.5) is 0 Å². The van der Waals surface area contributed by atoms with Crippen molar-refractivity contribution < 1.29 is 9.53 Å². The van der Waals surface area contributed by atoms with Crippen molar-refractivity contribution in [3.8, 4) is 5.75 Å². The first-order valence-electron chi connectivity index (χ1n) is 5.80. The van der Waals surface area contributed by atoms with Gasteiger partial charge in [-0.25, -0.2) is 0 Å². The third kappa shape index (κ3) is 2.67. The van der Waals surface area contributed by atoms with Gasteiger partial charge in [-0.2, -0.15) is 0 Å². The lowest BCUT2D eigenvalue weighted by molar-refractivity contribution is -0.118. The third-order valence-electron chi connectivity index (χ3n) is 2.79. The van der Waals surface area contributed by atoms with Crippen LogP contribution in [-0.2, 0) is 4.79 Å². The van der Waals surface area contributed by atoms with E-state index in [1.54, 1.807) is 7.11 Å². The van der Waals surface area contributed by atoms with Crippen molar-refractivity contribution in [1.29, 1.82) is 0 Å². The van der Waals surface area contributed by atoms with Crippen molar-refractivity contribution in [2.45, 2.75) is 25.1 Å². The number of amidine groups is 1. The maximum absolute atomic E-state index is 11.4. The summed E-state index contributed by atoms with van der Waals surface area (Å²) in [5.41, 5.74) is 1.02. The van der Waals surface area contributed by atoms with Gasteiger partial charge in [0, 0.05) is 5.56 Å². The molecule has 1 aromatic carbocycles. The van der Waals surface area contributed by atoms with Crippen molar-refractivity contribution in [3.63, 3.8) is 0 Å². The molecule has 1 amide bonds. The molecule has 18 heavy (non-hydrogen) atoms. The third-order valence-corrected chi connectivity index (χ3v) is 3.79. The summed E-state index contributed by atoms with van der Waals surface area (Å²) in [7, 11) is 1.65. The normalized spacial score (nSPS) is 22.9. The average molecular weight is 264 g/mol. The lowest BCUT2D eigenvalue weighted by Crippen LogP contribution is -2.23. The van der Waals surface area contributed by atoms with Crippen LogP contribution >= 0.6 is 11.8 Å². The van der Waals surface area contributed by atoms with Crippen LogP contribution in [0.25, 0.3) is 0 Å². The molecule has 1 fully saturated rings. The molecule has 0 aromatic heterocycles. The van der Waals surface area contributed by atoms with Crippen molar-refractivity contribution in [3.05, 3.63) is 29.8 Å². The molecule has 0 aliphatic carbocycles. The second kappa shape index (κ2) is 5.44. The topological polar surface area (TPSA) is 50.7 Å². The molecule has 2 atom stereocenters. The van der Waals surface area contributed by atoms with Gasteiger partial charge in [-0.15, -0.1) is 0 Å². The van der Waals surface area contributed by atoms with Gasteiger partial charge < -0.3 is 10.1 Å². The zero-order chi connectivity index (χ0) is 13.1. The zero-order valence-electron chi connectivity index (χ0n) is 10.6. The summed E-state index contributed by atoms with van der Waals surface area (Å²) in [6, 6.07) is 7.73. The van der Waals surface area contributed by atoms with Crippen molar-refractivity contribution in [2.75, 3.05) is 7.11 Å². The van der Waals surface area contributed by atoms with E-state index in [0.717, 1.165) is 11.3 Å². The number of nitrogens with one attached hydrogen (secondary N) is 1. The first-order chi connectivity index (χ1) is 8.61. The van der Waals surface area contributed by atoms with Crippen LogP contribution in [0.2, 0.25) is 0 Å². The minimum Gasteiger partial charge on any atom is -0.496 e. The van der Waals surface area contributed by atoms with Gasteiger partial charge in [-0.05, 0) is 19.9 Å². The predicted octanol–water partition coefficient (Wildman–Crippen LogP) is 2.36. The van der Waals surface area contributed by atoms with Crippen molar-refractivity contribution in [1.82, 2.24) is 5.32 Å². The van der Waals surface area contributed by atoms with Crippen LogP contribution in [-0.4, -0.2) is 23.4 Å². The molecule has 0 bridgehead atoms. The summed E-state index contributed by atoms with van der Waals surface area (Å²) in [4.78, 5) is 15.9. The van der Waals surface area contributed by atoms with Crippen LogP contribution in [0.3, 0.4) is 0 Å². The second-order valence-corrected chi connectivity index (χ2v) is 5.43. The monoisotopic (exact) mass is 264 g/mol. The Morgan fingerprint density at radius 3 is 2.78 bits per heavy atom. The number of aliphatic imine (C=N–C) groups is 1. The van der Waals surface area contributed by atoms with E-state index < -0.39 is 0 Å². The number of nitrogens with zero attached hydrogens (tertiary/aromatic N) is 1. The SMILES string of the molecule is COc1ccccc1[C@H](C)N=C1NC(=O)C(C)S1. The standard InChI is InChI=1S/C13H16N2O2S/c1-8(10-6-4-5-7-11(10)17-3)14-13-15-12(16)9(2)18-13/h4-9H,1-3H3,(H,14,15,16)/t8-,9?/m0/s1. The summed E-state index contributed by atoms with van der Waals surface area (Å²) in [5.74, 6) is 0.836. The van der Waals surface area contributed by atoms with Crippen LogP contribution in [0.5, 0.6) is 5.75 Å². The van der Waals surface area contributed by atoms with E-state index in [9.17, 15) is 4.79 Å². The number of carbonyl (C=O) groups is 1. The summed E-state index contributed by atoms with van der Waals surface area (Å²) in [6.45, 7) is 3.86. The number of benzene rings is 1. The average Bonchev–Trinajstić information content (AvgIpc) is 2.68. The highest BCUT2D eigenvalue weighted by atomic mass is 32.2. The molecule has 1 N–H and O–H groups in total. The summed E-state index contributed by atoms with van der Waals surface area (Å²) in [5, 5.41) is 3.40. The van der Waals surface area contributed by atoms with Gasteiger partial charge in [-0.3, -0.25) is 9.79 Å². The molecule has 1 unspecified atom stereocenters. The number of carbonyl (C=O) groups excluding carboxylic acids is 1. The van der Waals surface area contributed by atoms with Gasteiger partial charge >= 0.3 is 0 Å². The van der Waals surface area contributed by atoms with Gasteiger partial charge in [0.1, 0.15) is 5.75 Å². The fourth-order valence-corrected chi connectivity index (χ4v) is 2.66. The molecule has 2 rings (SSSR count). The van der Waals surface area contributed by atoms with Gasteiger partial charge in [-0.1, -0.05) is 30.0 Å². The minimum absolute atomic E-state index is 0.0194. The van der Waals surface area contributed by atoms with Crippen LogP contribution in [0.1, 0.15) is 25.5 Å². The fourth-order valence-electron chi connectivity index (χ4n) is 1.78. The second-order valence-electron chi connectivity index (χ2n) is 4.10. The van der Waals surface area contributed by atoms with E-state index in [2.05, 4.69) is 10.3 Å². The molecular weight excluding hydrogens is 248 g/mol.